The van der Waals surface area contributed by atoms with Crippen LogP contribution in [0.1, 0.15) is 55.4 Å². The van der Waals surface area contributed by atoms with E-state index in [2.05, 4.69) is 13.0 Å². The Bertz CT molecular complexity index is 297. The molecular formula is C12H19NS. The molecule has 1 aliphatic carbocycles. The Morgan fingerprint density at radius 2 is 2.07 bits per heavy atom. The van der Waals surface area contributed by atoms with Crippen LogP contribution in [-0.4, -0.2) is 0 Å². The normalized spacial score (nSPS) is 18.6. The highest BCUT2D eigenvalue weighted by molar-refractivity contribution is 7.16. The van der Waals surface area contributed by atoms with Crippen molar-refractivity contribution in [1.82, 2.24) is 0 Å². The van der Waals surface area contributed by atoms with Crippen LogP contribution < -0.4 is 5.73 Å². The van der Waals surface area contributed by atoms with Crippen LogP contribution in [0.25, 0.3) is 0 Å². The lowest BCUT2D eigenvalue weighted by Crippen LogP contribution is -2.05. The van der Waals surface area contributed by atoms with Crippen LogP contribution in [0.5, 0.6) is 0 Å². The SMILES string of the molecule is CCc1cc(C2CCCCC2)c(N)s1. The predicted octanol–water partition coefficient (Wildman–Crippen LogP) is 3.94. The molecule has 1 aromatic heterocycles. The molecule has 0 spiro atoms. The number of anilines is 1. The van der Waals surface area contributed by atoms with Crippen LogP contribution in [0.3, 0.4) is 0 Å². The Kier molecular flexibility index (Phi) is 3.12. The summed E-state index contributed by atoms with van der Waals surface area (Å²) in [6.45, 7) is 2.20. The largest absolute Gasteiger partial charge is 0.390 e. The van der Waals surface area contributed by atoms with E-state index in [1.807, 2.05) is 0 Å². The van der Waals surface area contributed by atoms with Gasteiger partial charge in [-0.2, -0.15) is 0 Å². The van der Waals surface area contributed by atoms with Gasteiger partial charge in [0.15, 0.2) is 0 Å². The average molecular weight is 209 g/mol. The molecule has 2 heteroatoms. The van der Waals surface area contributed by atoms with Crippen molar-refractivity contribution in [2.75, 3.05) is 5.73 Å². The van der Waals surface area contributed by atoms with Crippen molar-refractivity contribution in [1.29, 1.82) is 0 Å². The monoisotopic (exact) mass is 209 g/mol. The van der Waals surface area contributed by atoms with E-state index in [1.54, 1.807) is 11.3 Å². The summed E-state index contributed by atoms with van der Waals surface area (Å²) >= 11 is 1.79. The number of thiophene rings is 1. The summed E-state index contributed by atoms with van der Waals surface area (Å²) < 4.78 is 0. The third kappa shape index (κ3) is 1.95. The summed E-state index contributed by atoms with van der Waals surface area (Å²) in [6, 6.07) is 2.34. The number of aryl methyl sites for hydroxylation is 1. The summed E-state index contributed by atoms with van der Waals surface area (Å²) in [5.74, 6) is 0.764. The third-order valence-corrected chi connectivity index (χ3v) is 4.36. The topological polar surface area (TPSA) is 26.0 Å². The molecule has 2 N–H and O–H groups in total. The summed E-state index contributed by atoms with van der Waals surface area (Å²) in [5.41, 5.74) is 7.52. The van der Waals surface area contributed by atoms with Crippen molar-refractivity contribution < 1.29 is 0 Å². The van der Waals surface area contributed by atoms with E-state index in [-0.39, 0.29) is 0 Å². The lowest BCUT2D eigenvalue weighted by molar-refractivity contribution is 0.445. The Morgan fingerprint density at radius 1 is 1.36 bits per heavy atom. The van der Waals surface area contributed by atoms with Gasteiger partial charge < -0.3 is 5.73 Å². The molecule has 0 radical (unpaired) electrons. The number of hydrogen-bond acceptors (Lipinski definition) is 2. The number of rotatable bonds is 2. The Hall–Kier alpha value is -0.500. The van der Waals surface area contributed by atoms with Gasteiger partial charge in [0.1, 0.15) is 0 Å². The fourth-order valence-corrected chi connectivity index (χ4v) is 3.34. The molecule has 78 valence electrons. The standard InChI is InChI=1S/C12H19NS/c1-2-10-8-11(12(13)14-10)9-6-4-3-5-7-9/h8-9H,2-7,13H2,1H3. The maximum atomic E-state index is 6.07. The minimum atomic E-state index is 0.764. The molecule has 0 aliphatic heterocycles. The van der Waals surface area contributed by atoms with Crippen LogP contribution >= 0.6 is 11.3 Å². The van der Waals surface area contributed by atoms with Gasteiger partial charge in [-0.15, -0.1) is 11.3 Å². The maximum absolute atomic E-state index is 6.07. The molecule has 0 bridgehead atoms. The van der Waals surface area contributed by atoms with Crippen molar-refractivity contribution in [3.05, 3.63) is 16.5 Å². The van der Waals surface area contributed by atoms with Crippen LogP contribution in [0, 0.1) is 0 Å². The van der Waals surface area contributed by atoms with Gasteiger partial charge in [0.05, 0.1) is 5.00 Å². The van der Waals surface area contributed by atoms with E-state index in [4.69, 9.17) is 5.73 Å². The van der Waals surface area contributed by atoms with E-state index < -0.39 is 0 Å². The molecule has 1 aromatic rings. The fraction of sp³-hybridized carbons (Fsp3) is 0.667. The van der Waals surface area contributed by atoms with E-state index in [0.717, 1.165) is 17.3 Å². The second kappa shape index (κ2) is 4.35. The van der Waals surface area contributed by atoms with Gasteiger partial charge in [-0.3, -0.25) is 0 Å². The zero-order valence-corrected chi connectivity index (χ0v) is 9.70. The van der Waals surface area contributed by atoms with E-state index in [1.165, 1.54) is 42.5 Å². The van der Waals surface area contributed by atoms with Gasteiger partial charge in [0, 0.05) is 4.88 Å². The quantitative estimate of drug-likeness (QED) is 0.784. The van der Waals surface area contributed by atoms with Crippen molar-refractivity contribution in [2.45, 2.75) is 51.4 Å². The zero-order valence-electron chi connectivity index (χ0n) is 8.88. The molecule has 1 nitrogen and oxygen atoms in total. The third-order valence-electron chi connectivity index (χ3n) is 3.24. The van der Waals surface area contributed by atoms with Crippen molar-refractivity contribution >= 4 is 16.3 Å². The lowest BCUT2D eigenvalue weighted by atomic mass is 9.85. The van der Waals surface area contributed by atoms with Gasteiger partial charge in [-0.05, 0) is 36.8 Å². The summed E-state index contributed by atoms with van der Waals surface area (Å²) in [5, 5.41) is 1.08. The first-order chi connectivity index (χ1) is 6.81. The van der Waals surface area contributed by atoms with Gasteiger partial charge in [-0.1, -0.05) is 26.2 Å². The van der Waals surface area contributed by atoms with E-state index in [0.29, 0.717) is 0 Å². The summed E-state index contributed by atoms with van der Waals surface area (Å²) in [7, 11) is 0. The van der Waals surface area contributed by atoms with Crippen LogP contribution in [-0.2, 0) is 6.42 Å². The molecule has 1 heterocycles. The molecule has 0 amide bonds. The Balaban J connectivity index is 2.17. The van der Waals surface area contributed by atoms with Gasteiger partial charge in [0.2, 0.25) is 0 Å². The van der Waals surface area contributed by atoms with E-state index >= 15 is 0 Å². The average Bonchev–Trinajstić information content (AvgIpc) is 2.61. The van der Waals surface area contributed by atoms with Crippen molar-refractivity contribution in [3.63, 3.8) is 0 Å². The van der Waals surface area contributed by atoms with Crippen LogP contribution in [0.15, 0.2) is 6.07 Å². The van der Waals surface area contributed by atoms with Gasteiger partial charge in [0.25, 0.3) is 0 Å². The first-order valence-electron chi connectivity index (χ1n) is 5.69. The van der Waals surface area contributed by atoms with Gasteiger partial charge >= 0.3 is 0 Å². The number of nitrogens with two attached hydrogens (primary N) is 1. The first-order valence-corrected chi connectivity index (χ1v) is 6.51. The lowest BCUT2D eigenvalue weighted by Gasteiger charge is -2.21. The van der Waals surface area contributed by atoms with Crippen molar-refractivity contribution in [2.24, 2.45) is 0 Å². The molecule has 1 aliphatic rings. The number of nitrogen functional groups attached to an aromatic ring is 1. The second-order valence-electron chi connectivity index (χ2n) is 4.22. The Labute approximate surface area is 90.3 Å². The molecule has 1 fully saturated rings. The molecule has 2 rings (SSSR count). The minimum Gasteiger partial charge on any atom is -0.390 e. The maximum Gasteiger partial charge on any atom is 0.0894 e. The second-order valence-corrected chi connectivity index (χ2v) is 5.39. The molecular weight excluding hydrogens is 190 g/mol. The van der Waals surface area contributed by atoms with Crippen LogP contribution in [0.4, 0.5) is 5.00 Å². The highest BCUT2D eigenvalue weighted by Gasteiger charge is 2.19. The fourth-order valence-electron chi connectivity index (χ4n) is 2.38. The van der Waals surface area contributed by atoms with Gasteiger partial charge in [-0.25, -0.2) is 0 Å². The first kappa shape index (κ1) is 10.0. The molecule has 0 unspecified atom stereocenters. The zero-order chi connectivity index (χ0) is 9.97. The highest BCUT2D eigenvalue weighted by Crippen LogP contribution is 2.39. The molecule has 1 saturated carbocycles. The molecule has 0 aromatic carbocycles. The molecule has 0 atom stereocenters. The summed E-state index contributed by atoms with van der Waals surface area (Å²) in [6.07, 6.45) is 8.03. The predicted molar refractivity (Wildman–Crippen MR) is 63.9 cm³/mol. The number of hydrogen-bond donors (Lipinski definition) is 1. The molecule has 14 heavy (non-hydrogen) atoms. The highest BCUT2D eigenvalue weighted by atomic mass is 32.1. The smallest absolute Gasteiger partial charge is 0.0894 e. The summed E-state index contributed by atoms with van der Waals surface area (Å²) in [4.78, 5) is 1.45. The van der Waals surface area contributed by atoms with Crippen molar-refractivity contribution in [3.8, 4) is 0 Å². The molecule has 0 saturated heterocycles. The Morgan fingerprint density at radius 3 is 2.64 bits per heavy atom. The van der Waals surface area contributed by atoms with Crippen LogP contribution in [0.2, 0.25) is 0 Å². The van der Waals surface area contributed by atoms with E-state index in [9.17, 15) is 0 Å². The minimum absolute atomic E-state index is 0.764.